The first-order valence-corrected chi connectivity index (χ1v) is 9.41. The van der Waals surface area contributed by atoms with E-state index in [1.54, 1.807) is 22.0 Å². The molecule has 2 aromatic heterocycles. The summed E-state index contributed by atoms with van der Waals surface area (Å²) in [6.45, 7) is 6.79. The normalized spacial score (nSPS) is 14.3. The number of nitrogen functional groups attached to an aromatic ring is 1. The fourth-order valence-corrected chi connectivity index (χ4v) is 4.77. The van der Waals surface area contributed by atoms with E-state index >= 15 is 0 Å². The SMILES string of the molecule is C=CCn1c(NN)nc2sc3c(c2c1=O)CCN(Cc1ccccc1)C3. The van der Waals surface area contributed by atoms with Gasteiger partial charge in [0.2, 0.25) is 5.95 Å². The van der Waals surface area contributed by atoms with Crippen LogP contribution < -0.4 is 16.8 Å². The number of benzene rings is 1. The smallest absolute Gasteiger partial charge is 0.264 e. The van der Waals surface area contributed by atoms with Crippen molar-refractivity contribution < 1.29 is 0 Å². The van der Waals surface area contributed by atoms with E-state index in [4.69, 9.17) is 5.84 Å². The Labute approximate surface area is 155 Å². The third-order valence-corrected chi connectivity index (χ3v) is 5.84. The molecule has 7 heteroatoms. The molecule has 134 valence electrons. The van der Waals surface area contributed by atoms with Crippen molar-refractivity contribution in [1.82, 2.24) is 14.5 Å². The minimum atomic E-state index is -0.0446. The van der Waals surface area contributed by atoms with Gasteiger partial charge >= 0.3 is 0 Å². The number of hydrogen-bond donors (Lipinski definition) is 2. The second-order valence-electron chi connectivity index (χ2n) is 6.41. The summed E-state index contributed by atoms with van der Waals surface area (Å²) >= 11 is 1.60. The topological polar surface area (TPSA) is 76.2 Å². The molecule has 3 aromatic rings. The van der Waals surface area contributed by atoms with Gasteiger partial charge in [0.15, 0.2) is 0 Å². The van der Waals surface area contributed by atoms with Crippen molar-refractivity contribution in [3.8, 4) is 0 Å². The van der Waals surface area contributed by atoms with Gasteiger partial charge in [-0.15, -0.1) is 17.9 Å². The van der Waals surface area contributed by atoms with Crippen molar-refractivity contribution >= 4 is 27.5 Å². The number of hydrazine groups is 1. The highest BCUT2D eigenvalue weighted by molar-refractivity contribution is 7.18. The molecule has 0 bridgehead atoms. The molecule has 0 amide bonds. The fourth-order valence-electron chi connectivity index (χ4n) is 3.51. The van der Waals surface area contributed by atoms with Crippen LogP contribution in [0.1, 0.15) is 16.0 Å². The molecule has 1 aromatic carbocycles. The summed E-state index contributed by atoms with van der Waals surface area (Å²) in [5, 5.41) is 0.741. The molecule has 3 N–H and O–H groups in total. The molecule has 26 heavy (non-hydrogen) atoms. The van der Waals surface area contributed by atoms with Crippen LogP contribution in [0.25, 0.3) is 10.2 Å². The first-order chi connectivity index (χ1) is 12.7. The number of allylic oxidation sites excluding steroid dienone is 1. The van der Waals surface area contributed by atoms with E-state index < -0.39 is 0 Å². The molecule has 0 saturated carbocycles. The van der Waals surface area contributed by atoms with Gasteiger partial charge in [-0.05, 0) is 17.5 Å². The van der Waals surface area contributed by atoms with Crippen LogP contribution >= 0.6 is 11.3 Å². The van der Waals surface area contributed by atoms with Crippen molar-refractivity contribution in [1.29, 1.82) is 0 Å². The summed E-state index contributed by atoms with van der Waals surface area (Å²) in [5.74, 6) is 5.94. The number of nitrogens with two attached hydrogens (primary N) is 1. The van der Waals surface area contributed by atoms with E-state index in [1.807, 2.05) is 6.07 Å². The summed E-state index contributed by atoms with van der Waals surface area (Å²) in [7, 11) is 0. The second kappa shape index (κ2) is 7.03. The molecule has 0 radical (unpaired) electrons. The Morgan fingerprint density at radius 2 is 2.15 bits per heavy atom. The van der Waals surface area contributed by atoms with E-state index in [1.165, 1.54) is 10.4 Å². The average Bonchev–Trinajstić information content (AvgIpc) is 3.02. The fraction of sp³-hybridized carbons (Fsp3) is 0.263. The van der Waals surface area contributed by atoms with Gasteiger partial charge in [-0.3, -0.25) is 19.7 Å². The maximum Gasteiger partial charge on any atom is 0.264 e. The van der Waals surface area contributed by atoms with Gasteiger partial charge in [0.1, 0.15) is 4.83 Å². The lowest BCUT2D eigenvalue weighted by Gasteiger charge is -2.26. The molecule has 0 fully saturated rings. The highest BCUT2D eigenvalue weighted by atomic mass is 32.1. The maximum atomic E-state index is 13.0. The van der Waals surface area contributed by atoms with Crippen molar-refractivity contribution in [3.05, 3.63) is 69.3 Å². The molecule has 6 nitrogen and oxygen atoms in total. The molecule has 4 rings (SSSR count). The Morgan fingerprint density at radius 3 is 2.88 bits per heavy atom. The number of aromatic nitrogens is 2. The first-order valence-electron chi connectivity index (χ1n) is 8.60. The lowest BCUT2D eigenvalue weighted by Crippen LogP contribution is -2.30. The molecular weight excluding hydrogens is 346 g/mol. The van der Waals surface area contributed by atoms with Crippen molar-refractivity contribution in [3.63, 3.8) is 0 Å². The number of anilines is 1. The number of nitrogens with zero attached hydrogens (tertiary/aromatic N) is 3. The van der Waals surface area contributed by atoms with Crippen LogP contribution in [0.15, 0.2) is 47.8 Å². The van der Waals surface area contributed by atoms with Crippen LogP contribution in [0.5, 0.6) is 0 Å². The quantitative estimate of drug-likeness (QED) is 0.412. The zero-order chi connectivity index (χ0) is 18.1. The van der Waals surface area contributed by atoms with Crippen LogP contribution in [0, 0.1) is 0 Å². The van der Waals surface area contributed by atoms with E-state index in [0.29, 0.717) is 12.5 Å². The van der Waals surface area contributed by atoms with Crippen LogP contribution in [0.3, 0.4) is 0 Å². The van der Waals surface area contributed by atoms with E-state index in [0.717, 1.165) is 41.8 Å². The van der Waals surface area contributed by atoms with Gasteiger partial charge < -0.3 is 0 Å². The van der Waals surface area contributed by atoms with Gasteiger partial charge in [0, 0.05) is 31.1 Å². The van der Waals surface area contributed by atoms with Crippen LogP contribution in [0.4, 0.5) is 5.95 Å². The largest absolute Gasteiger partial charge is 0.294 e. The molecular formula is C19H21N5OS. The molecule has 1 aliphatic heterocycles. The maximum absolute atomic E-state index is 13.0. The zero-order valence-electron chi connectivity index (χ0n) is 14.4. The molecule has 0 saturated heterocycles. The Morgan fingerprint density at radius 1 is 1.35 bits per heavy atom. The minimum Gasteiger partial charge on any atom is -0.294 e. The number of thiophene rings is 1. The van der Waals surface area contributed by atoms with Gasteiger partial charge in [-0.25, -0.2) is 10.8 Å². The van der Waals surface area contributed by atoms with Crippen molar-refractivity contribution in [2.24, 2.45) is 5.84 Å². The lowest BCUT2D eigenvalue weighted by molar-refractivity contribution is 0.249. The lowest BCUT2D eigenvalue weighted by atomic mass is 10.0. The summed E-state index contributed by atoms with van der Waals surface area (Å²) in [5.41, 5.74) is 4.94. The zero-order valence-corrected chi connectivity index (χ0v) is 15.3. The molecule has 0 aliphatic carbocycles. The van der Waals surface area contributed by atoms with Gasteiger partial charge in [0.25, 0.3) is 5.56 Å². The highest BCUT2D eigenvalue weighted by Crippen LogP contribution is 2.33. The van der Waals surface area contributed by atoms with Crippen molar-refractivity contribution in [2.45, 2.75) is 26.1 Å². The van der Waals surface area contributed by atoms with Gasteiger partial charge in [-0.2, -0.15) is 0 Å². The van der Waals surface area contributed by atoms with E-state index in [2.05, 4.69) is 46.2 Å². The van der Waals surface area contributed by atoms with E-state index in [-0.39, 0.29) is 5.56 Å². The average molecular weight is 367 g/mol. The number of hydrogen-bond acceptors (Lipinski definition) is 6. The Balaban J connectivity index is 1.71. The third kappa shape index (κ3) is 2.94. The van der Waals surface area contributed by atoms with Crippen LogP contribution in [-0.4, -0.2) is 21.0 Å². The Hall–Kier alpha value is -2.48. The minimum absolute atomic E-state index is 0.0446. The molecule has 0 spiro atoms. The Kier molecular flexibility index (Phi) is 4.58. The monoisotopic (exact) mass is 367 g/mol. The Bertz CT molecular complexity index is 1010. The van der Waals surface area contributed by atoms with E-state index in [9.17, 15) is 4.79 Å². The highest BCUT2D eigenvalue weighted by Gasteiger charge is 2.24. The summed E-state index contributed by atoms with van der Waals surface area (Å²) in [6, 6.07) is 10.5. The molecule has 0 unspecified atom stereocenters. The first kappa shape index (κ1) is 17.0. The van der Waals surface area contributed by atoms with Crippen molar-refractivity contribution in [2.75, 3.05) is 12.0 Å². The molecule has 3 heterocycles. The summed E-state index contributed by atoms with van der Waals surface area (Å²) in [4.78, 5) is 21.9. The van der Waals surface area contributed by atoms with Crippen LogP contribution in [0.2, 0.25) is 0 Å². The standard InChI is InChI=1S/C19H21N5OS/c1-2-9-24-18(25)16-14-8-10-23(11-13-6-4-3-5-7-13)12-15(14)26-17(16)21-19(24)22-20/h2-7H,1,8-12,20H2,(H,21,22). The molecule has 0 atom stereocenters. The predicted molar refractivity (Wildman–Crippen MR) is 106 cm³/mol. The number of rotatable bonds is 5. The number of nitrogens with one attached hydrogen (secondary N) is 1. The van der Waals surface area contributed by atoms with Gasteiger partial charge in [-0.1, -0.05) is 36.4 Å². The third-order valence-electron chi connectivity index (χ3n) is 4.73. The number of fused-ring (bicyclic) bond motifs is 3. The molecule has 1 aliphatic rings. The second-order valence-corrected chi connectivity index (χ2v) is 7.50. The predicted octanol–water partition coefficient (Wildman–Crippen LogP) is 2.49. The summed E-state index contributed by atoms with van der Waals surface area (Å²) < 4.78 is 1.54. The van der Waals surface area contributed by atoms with Crippen LogP contribution in [-0.2, 0) is 26.1 Å². The van der Waals surface area contributed by atoms with Gasteiger partial charge in [0.05, 0.1) is 5.39 Å². The summed E-state index contributed by atoms with van der Waals surface area (Å²) in [6.07, 6.45) is 2.54.